The van der Waals surface area contributed by atoms with E-state index >= 15 is 9.59 Å². The summed E-state index contributed by atoms with van der Waals surface area (Å²) < 4.78 is 91.7. The van der Waals surface area contributed by atoms with Gasteiger partial charge in [-0.3, -0.25) is 67.1 Å². The second kappa shape index (κ2) is 46.9. The zero-order chi connectivity index (χ0) is 89.0. The number of hydrogen-bond donors (Lipinski definition) is 13. The molecule has 0 unspecified atom stereocenters. The predicted octanol–water partition coefficient (Wildman–Crippen LogP) is 3.67. The maximum absolute atomic E-state index is 15.1. The van der Waals surface area contributed by atoms with Crippen LogP contribution in [0, 0.1) is 47.3 Å². The number of cyclic esters (lactones) is 1. The molecule has 658 valence electrons. The van der Waals surface area contributed by atoms with E-state index in [1.165, 1.54) is 68.4 Å². The van der Waals surface area contributed by atoms with Gasteiger partial charge in [0, 0.05) is 25.9 Å². The van der Waals surface area contributed by atoms with Crippen molar-refractivity contribution in [1.82, 2.24) is 74.0 Å². The predicted molar refractivity (Wildman–Crippen MR) is 415 cm³/mol. The minimum absolute atomic E-state index is 0.000738. The largest absolute Gasteiger partial charge is 0.490 e. The first-order valence-corrected chi connectivity index (χ1v) is 39.9. The average molecular weight is 1670 g/mol. The van der Waals surface area contributed by atoms with Crippen LogP contribution in [0.2, 0.25) is 0 Å². The van der Waals surface area contributed by atoms with Gasteiger partial charge in [-0.1, -0.05) is 166 Å². The van der Waals surface area contributed by atoms with E-state index in [1.54, 1.807) is 84.1 Å². The number of carbonyl (C=O) groups is 16. The van der Waals surface area contributed by atoms with Crippen molar-refractivity contribution < 1.29 is 113 Å². The molecule has 0 aliphatic carbocycles. The molecule has 3 rings (SSSR count). The lowest BCUT2D eigenvalue weighted by Crippen LogP contribution is -2.64. The minimum atomic E-state index is -5.57. The molecule has 0 saturated carbocycles. The highest BCUT2D eigenvalue weighted by Crippen LogP contribution is 2.25. The van der Waals surface area contributed by atoms with Crippen LogP contribution >= 0.6 is 0 Å². The Balaban J connectivity index is 2.13. The molecular weight excluding hydrogens is 1550 g/mol. The summed E-state index contributed by atoms with van der Waals surface area (Å²) in [5, 5.41) is 32.2. The molecule has 38 heteroatoms. The molecule has 2 aliphatic heterocycles. The van der Waals surface area contributed by atoms with Crippen molar-refractivity contribution in [3.05, 3.63) is 47.7 Å². The van der Waals surface area contributed by atoms with Crippen molar-refractivity contribution in [3.8, 4) is 0 Å². The Hall–Kier alpha value is -9.94. The Morgan fingerprint density at radius 2 is 1.13 bits per heavy atom. The van der Waals surface area contributed by atoms with E-state index in [2.05, 4.69) is 68.5 Å². The Kier molecular flexibility index (Phi) is 40.6. The third-order valence-corrected chi connectivity index (χ3v) is 20.7. The van der Waals surface area contributed by atoms with Crippen molar-refractivity contribution >= 4 is 94.6 Å². The summed E-state index contributed by atoms with van der Waals surface area (Å²) in [6.45, 7) is 28.1. The Morgan fingerprint density at radius 3 is 1.66 bits per heavy atom. The molecule has 13 N–H and O–H groups in total. The number of amides is 14. The molecule has 117 heavy (non-hydrogen) atoms. The van der Waals surface area contributed by atoms with E-state index in [0.29, 0.717) is 12.0 Å². The molecule has 0 spiro atoms. The lowest BCUT2D eigenvalue weighted by molar-refractivity contribution is -0.205. The Labute approximate surface area is 679 Å². The molecule has 2 heterocycles. The van der Waals surface area contributed by atoms with Gasteiger partial charge >= 0.3 is 30.2 Å². The fraction of sp³-hybridized carbons (Fsp3) is 0.696. The summed E-state index contributed by atoms with van der Waals surface area (Å²) >= 11 is 0. The van der Waals surface area contributed by atoms with Crippen molar-refractivity contribution in [2.75, 3.05) is 13.1 Å². The normalized spacial score (nSPS) is 21.9. The van der Waals surface area contributed by atoms with Gasteiger partial charge in [0.1, 0.15) is 90.4 Å². The van der Waals surface area contributed by atoms with E-state index in [1.807, 2.05) is 13.8 Å². The van der Waals surface area contributed by atoms with E-state index < -0.39 is 253 Å². The van der Waals surface area contributed by atoms with E-state index in [9.17, 15) is 93.5 Å². The first-order chi connectivity index (χ1) is 54.5. The summed E-state index contributed by atoms with van der Waals surface area (Å²) in [5.74, 6) is -24.6. The number of allylic oxidation sites excluding steroid dienone is 1. The molecule has 0 bridgehead atoms. The quantitative estimate of drug-likeness (QED) is 0.0199. The zero-order valence-corrected chi connectivity index (χ0v) is 70.2. The molecule has 0 aromatic heterocycles. The molecule has 2 saturated heterocycles. The smallest absolute Gasteiger partial charge is 0.458 e. The van der Waals surface area contributed by atoms with Crippen LogP contribution in [0.4, 0.5) is 26.3 Å². The van der Waals surface area contributed by atoms with Crippen LogP contribution in [0.25, 0.3) is 0 Å². The number of esters is 2. The van der Waals surface area contributed by atoms with Crippen LogP contribution in [-0.4, -0.2) is 210 Å². The van der Waals surface area contributed by atoms with Gasteiger partial charge < -0.3 is 83.5 Å². The first-order valence-electron chi connectivity index (χ1n) is 39.9. The SMILES string of the molecule is C/C=C1\NC(=O)[C@H](Cc2ccccc2)NC(=O)[C@@H](C(C)C)NC(=O)[C@@H]([C@@H](C)CC)NC(=O)[C@H](NC(=O)[C@H](NC(=O)[C@H](CCCNC(=O)C(F)(F)F)NC(=O)[C@H]2CCCN2C(=O)[C@H](NC(=O)[C@@H](NC(=O)[C@@H](NC(=O)[C@H](NC(=O)CC[C@@H](C)CC)C(C)C)[C@@H](C)OC(=O)C(F)(F)F)C(C)C)C(C)C)[C@@H](C)CC)[C@@H](C)OC(=O)[C@H](C(C)C)NC1=O. The fourth-order valence-electron chi connectivity index (χ4n) is 12.6. The maximum Gasteiger partial charge on any atom is 0.490 e. The van der Waals surface area contributed by atoms with Crippen LogP contribution in [-0.2, 0) is 92.6 Å². The number of alkyl halides is 6. The number of benzene rings is 1. The summed E-state index contributed by atoms with van der Waals surface area (Å²) in [4.78, 5) is 228. The highest BCUT2D eigenvalue weighted by atomic mass is 19.4. The second-order valence-electron chi connectivity index (χ2n) is 31.8. The standard InChI is InChI=1S/C79H122F6N14O18/c1-20-43(15)33-34-53(100)90-54(38(5)6)68(106)97-62(47(19)117-77(115)79(83,84)85)72(110)92-56(40(9)10)69(107)93-57(41(11)12)74(112)99-36-28-32-52(99)66(104)88-50(31-27-35-86-76(114)78(80,81)82)64(102)95-59(44(16)21-2)71(109)98-61-46(18)116-75(113)58(42(13)14)94-63(101)49(23-4)87-65(103)51(37-48-29-25-24-26-30-48)89-67(105)55(39(7)8)91-70(108)60(45(17)22-3)96-73(61)111/h23-26,29-30,38-47,50-52,54-62H,20-22,27-28,31-37H2,1-19H3,(H,86,114)(H,87,103)(H,88,104)(H,89,105)(H,90,100)(H,91,108)(H,92,110)(H,93,107)(H,94,101)(H,95,102)(H,96,111)(H,97,106)(H,98,109)/b49-23-/t43-,44-,45-,46+,47+,50-,51-,52+,54+,55+,56-,57+,58-,59+,60+,61+,62-/m0/s1. The highest BCUT2D eigenvalue weighted by molar-refractivity contribution is 6.03. The van der Waals surface area contributed by atoms with Crippen LogP contribution in [0.5, 0.6) is 0 Å². The van der Waals surface area contributed by atoms with Crippen LogP contribution in [0.1, 0.15) is 195 Å². The van der Waals surface area contributed by atoms with E-state index in [-0.39, 0.29) is 56.7 Å². The summed E-state index contributed by atoms with van der Waals surface area (Å²) in [6, 6.07) is -11.0. The molecule has 2 aliphatic rings. The molecule has 1 aromatic carbocycles. The summed E-state index contributed by atoms with van der Waals surface area (Å²) in [5.41, 5.74) is 0.244. The van der Waals surface area contributed by atoms with Gasteiger partial charge in [0.25, 0.3) is 5.91 Å². The van der Waals surface area contributed by atoms with Crippen LogP contribution in [0.3, 0.4) is 0 Å². The van der Waals surface area contributed by atoms with Crippen LogP contribution < -0.4 is 69.1 Å². The topological polar surface area (TPSA) is 451 Å². The van der Waals surface area contributed by atoms with Gasteiger partial charge in [-0.25, -0.2) is 9.59 Å². The number of nitrogens with one attached hydrogen (secondary N) is 13. The van der Waals surface area contributed by atoms with E-state index in [0.717, 1.165) is 18.2 Å². The van der Waals surface area contributed by atoms with Gasteiger partial charge in [-0.05, 0) is 106 Å². The molecule has 17 atom stereocenters. The number of likely N-dealkylation sites (tertiary alicyclic amines) is 1. The van der Waals surface area contributed by atoms with Crippen molar-refractivity contribution in [1.29, 1.82) is 0 Å². The molecule has 2 fully saturated rings. The van der Waals surface area contributed by atoms with Gasteiger partial charge in [0.15, 0.2) is 0 Å². The van der Waals surface area contributed by atoms with Crippen molar-refractivity contribution in [2.45, 2.75) is 293 Å². The number of nitrogens with zero attached hydrogens (tertiary/aromatic N) is 1. The molecule has 14 amide bonds. The Morgan fingerprint density at radius 1 is 0.590 bits per heavy atom. The highest BCUT2D eigenvalue weighted by Gasteiger charge is 2.48. The first kappa shape index (κ1) is 101. The average Bonchev–Trinajstić information content (AvgIpc) is 1.71. The molecule has 32 nitrogen and oxygen atoms in total. The molecular formula is C79H122F6N14O18. The summed E-state index contributed by atoms with van der Waals surface area (Å²) in [6.07, 6.45) is -13.1. The van der Waals surface area contributed by atoms with Gasteiger partial charge in [0.2, 0.25) is 70.9 Å². The number of ether oxygens (including phenoxy) is 2. The van der Waals surface area contributed by atoms with Gasteiger partial charge in [-0.2, -0.15) is 26.3 Å². The molecule has 0 radical (unpaired) electrons. The van der Waals surface area contributed by atoms with Crippen LogP contribution in [0.15, 0.2) is 42.1 Å². The number of carbonyl (C=O) groups excluding carboxylic acids is 16. The minimum Gasteiger partial charge on any atom is -0.458 e. The van der Waals surface area contributed by atoms with E-state index in [4.69, 9.17) is 4.74 Å². The van der Waals surface area contributed by atoms with Crippen molar-refractivity contribution in [3.63, 3.8) is 0 Å². The monoisotopic (exact) mass is 1670 g/mol. The Bertz CT molecular complexity index is 3660. The van der Waals surface area contributed by atoms with Gasteiger partial charge in [0.05, 0.1) is 0 Å². The lowest BCUT2D eigenvalue weighted by Gasteiger charge is -2.34. The van der Waals surface area contributed by atoms with Gasteiger partial charge in [-0.15, -0.1) is 0 Å². The molecule has 1 aromatic rings. The number of hydrogen-bond acceptors (Lipinski definition) is 18. The third kappa shape index (κ3) is 31.1. The number of halogens is 6. The number of rotatable bonds is 35. The lowest BCUT2D eigenvalue weighted by atomic mass is 9.95. The fourth-order valence-corrected chi connectivity index (χ4v) is 12.6. The summed E-state index contributed by atoms with van der Waals surface area (Å²) in [7, 11) is 0. The zero-order valence-electron chi connectivity index (χ0n) is 70.2. The van der Waals surface area contributed by atoms with Crippen molar-refractivity contribution in [2.24, 2.45) is 47.3 Å². The third-order valence-electron chi connectivity index (χ3n) is 20.7. The maximum atomic E-state index is 15.1. The second-order valence-corrected chi connectivity index (χ2v) is 31.8.